The highest BCUT2D eigenvalue weighted by Crippen LogP contribution is 2.62. The number of fused-ring (bicyclic) bond motifs is 2. The molecule has 1 aliphatic carbocycles. The van der Waals surface area contributed by atoms with Gasteiger partial charge in [0.05, 0.1) is 5.60 Å². The van der Waals surface area contributed by atoms with Crippen molar-refractivity contribution >= 4 is 11.6 Å². The van der Waals surface area contributed by atoms with Gasteiger partial charge in [-0.25, -0.2) is 0 Å². The van der Waals surface area contributed by atoms with Gasteiger partial charge in [-0.3, -0.25) is 4.79 Å². The molecule has 1 amide bonds. The van der Waals surface area contributed by atoms with Gasteiger partial charge in [-0.1, -0.05) is 30.3 Å². The lowest BCUT2D eigenvalue weighted by molar-refractivity contribution is 0.0987. The molecule has 3 nitrogen and oxygen atoms in total. The van der Waals surface area contributed by atoms with E-state index < -0.39 is 0 Å². The molecule has 0 unspecified atom stereocenters. The number of carbonyl (C=O) groups excluding carboxylic acids is 1. The topological polar surface area (TPSA) is 32.8 Å². The Morgan fingerprint density at radius 1 is 1.18 bits per heavy atom. The maximum atomic E-state index is 12.9. The molecule has 2 aliphatic heterocycles. The lowest BCUT2D eigenvalue weighted by atomic mass is 9.78. The fourth-order valence-corrected chi connectivity index (χ4v) is 4.26. The van der Waals surface area contributed by atoms with Crippen molar-refractivity contribution in [3.8, 4) is 0 Å². The van der Waals surface area contributed by atoms with Gasteiger partial charge in [0, 0.05) is 23.7 Å². The Morgan fingerprint density at radius 3 is 2.82 bits per heavy atom. The minimum atomic E-state index is -0.0118. The quantitative estimate of drug-likeness (QED) is 0.751. The second-order valence-electron chi connectivity index (χ2n) is 6.77. The van der Waals surface area contributed by atoms with E-state index in [1.807, 2.05) is 35.2 Å². The molecule has 0 N–H and O–H groups in total. The molecule has 22 heavy (non-hydrogen) atoms. The van der Waals surface area contributed by atoms with E-state index in [4.69, 9.17) is 4.74 Å². The second-order valence-corrected chi connectivity index (χ2v) is 6.77. The molecule has 0 spiro atoms. The van der Waals surface area contributed by atoms with E-state index in [9.17, 15) is 4.79 Å². The van der Waals surface area contributed by atoms with E-state index in [-0.39, 0.29) is 17.6 Å². The maximum Gasteiger partial charge on any atom is 0.258 e. The molecule has 1 fully saturated rings. The maximum absolute atomic E-state index is 12.9. The monoisotopic (exact) mass is 291 g/mol. The molecule has 0 radical (unpaired) electrons. The van der Waals surface area contributed by atoms with Crippen molar-refractivity contribution in [3.63, 3.8) is 0 Å². The highest BCUT2D eigenvalue weighted by atomic mass is 16.6. The Morgan fingerprint density at radius 2 is 2.00 bits per heavy atom. The average Bonchev–Trinajstić information content (AvgIpc) is 3.11. The van der Waals surface area contributed by atoms with E-state index in [0.717, 1.165) is 24.2 Å². The Kier molecular flexibility index (Phi) is 2.25. The molecule has 2 heterocycles. The van der Waals surface area contributed by atoms with Gasteiger partial charge in [0.1, 0.15) is 6.10 Å². The molecule has 110 valence electrons. The van der Waals surface area contributed by atoms with Crippen molar-refractivity contribution in [1.82, 2.24) is 0 Å². The molecule has 0 aromatic heterocycles. The van der Waals surface area contributed by atoms with E-state index in [2.05, 4.69) is 25.1 Å². The lowest BCUT2D eigenvalue weighted by Gasteiger charge is -2.21. The molecule has 0 saturated carbocycles. The predicted molar refractivity (Wildman–Crippen MR) is 84.1 cm³/mol. The van der Waals surface area contributed by atoms with Gasteiger partial charge in [0.2, 0.25) is 0 Å². The molecule has 2 aromatic carbocycles. The van der Waals surface area contributed by atoms with Crippen LogP contribution in [0, 0.1) is 0 Å². The van der Waals surface area contributed by atoms with Crippen molar-refractivity contribution in [1.29, 1.82) is 0 Å². The summed E-state index contributed by atoms with van der Waals surface area (Å²) in [7, 11) is 0. The third-order valence-corrected chi connectivity index (χ3v) is 5.30. The fourth-order valence-electron chi connectivity index (χ4n) is 4.26. The number of epoxide rings is 1. The first-order chi connectivity index (χ1) is 10.7. The predicted octanol–water partition coefficient (Wildman–Crippen LogP) is 3.66. The van der Waals surface area contributed by atoms with Crippen LogP contribution >= 0.6 is 0 Å². The summed E-state index contributed by atoms with van der Waals surface area (Å²) in [5.41, 5.74) is 4.45. The summed E-state index contributed by atoms with van der Waals surface area (Å²) in [5, 5.41) is 0. The average molecular weight is 291 g/mol. The van der Waals surface area contributed by atoms with Gasteiger partial charge < -0.3 is 9.64 Å². The summed E-state index contributed by atoms with van der Waals surface area (Å²) in [4.78, 5) is 14.8. The number of hydrogen-bond donors (Lipinski definition) is 0. The van der Waals surface area contributed by atoms with Gasteiger partial charge in [-0.2, -0.15) is 0 Å². The van der Waals surface area contributed by atoms with Crippen LogP contribution in [0.3, 0.4) is 0 Å². The summed E-state index contributed by atoms with van der Waals surface area (Å²) in [5.74, 6) is 0.505. The summed E-state index contributed by atoms with van der Waals surface area (Å²) >= 11 is 0. The highest BCUT2D eigenvalue weighted by molar-refractivity contribution is 6.07. The molecule has 3 aliphatic rings. The highest BCUT2D eigenvalue weighted by Gasteiger charge is 2.60. The van der Waals surface area contributed by atoms with Gasteiger partial charge in [-0.05, 0) is 42.7 Å². The van der Waals surface area contributed by atoms with Crippen LogP contribution in [0.2, 0.25) is 0 Å². The van der Waals surface area contributed by atoms with E-state index >= 15 is 0 Å². The second kappa shape index (κ2) is 3.99. The normalized spacial score (nSPS) is 30.7. The fraction of sp³-hybridized carbons (Fsp3) is 0.316. The van der Waals surface area contributed by atoms with Gasteiger partial charge in [0.15, 0.2) is 0 Å². The van der Waals surface area contributed by atoms with Crippen molar-refractivity contribution in [2.45, 2.75) is 31.0 Å². The van der Waals surface area contributed by atoms with Gasteiger partial charge in [0.25, 0.3) is 5.91 Å². The molecular weight excluding hydrogens is 274 g/mol. The van der Waals surface area contributed by atoms with E-state index in [0.29, 0.717) is 5.92 Å². The minimum Gasteiger partial charge on any atom is -0.361 e. The number of anilines is 1. The first kappa shape index (κ1) is 12.4. The molecule has 5 rings (SSSR count). The summed E-state index contributed by atoms with van der Waals surface area (Å²) in [6, 6.07) is 15.8. The number of rotatable bonds is 1. The Balaban J connectivity index is 1.59. The first-order valence-corrected chi connectivity index (χ1v) is 7.85. The van der Waals surface area contributed by atoms with Crippen molar-refractivity contribution in [2.75, 3.05) is 11.4 Å². The molecule has 3 atom stereocenters. The third-order valence-electron chi connectivity index (χ3n) is 5.30. The van der Waals surface area contributed by atoms with Crippen LogP contribution in [0.4, 0.5) is 5.69 Å². The molecule has 2 aromatic rings. The summed E-state index contributed by atoms with van der Waals surface area (Å²) in [6.07, 6.45) is 1.24. The van der Waals surface area contributed by atoms with E-state index in [1.54, 1.807) is 0 Å². The lowest BCUT2D eigenvalue weighted by Crippen LogP contribution is -2.30. The number of carbonyl (C=O) groups is 1. The Labute approximate surface area is 129 Å². The molecule has 1 saturated heterocycles. The number of nitrogens with zero attached hydrogens (tertiary/aromatic N) is 1. The van der Waals surface area contributed by atoms with Crippen LogP contribution in [0.25, 0.3) is 0 Å². The zero-order valence-electron chi connectivity index (χ0n) is 12.5. The minimum absolute atomic E-state index is 0.0118. The Bertz CT molecular complexity index is 785. The number of amides is 1. The number of benzene rings is 2. The van der Waals surface area contributed by atoms with Crippen LogP contribution in [0.5, 0.6) is 0 Å². The summed E-state index contributed by atoms with van der Waals surface area (Å²) in [6.45, 7) is 2.96. The standard InChI is InChI=1S/C19H17NO2/c1-19-10-13-11-20(18(21)12-6-3-2-4-7-12)15-9-5-8-14(16(13)15)17(19)22-19/h2-9,13,17H,10-11H2,1H3/t13-,17-,19+/m0/s1. The Hall–Kier alpha value is -2.13. The zero-order valence-corrected chi connectivity index (χ0v) is 12.5. The van der Waals surface area contributed by atoms with Crippen LogP contribution in [0.15, 0.2) is 48.5 Å². The molecule has 3 heteroatoms. The van der Waals surface area contributed by atoms with Crippen LogP contribution in [-0.4, -0.2) is 18.1 Å². The third kappa shape index (κ3) is 1.52. The van der Waals surface area contributed by atoms with Crippen molar-refractivity contribution in [3.05, 3.63) is 65.2 Å². The summed E-state index contributed by atoms with van der Waals surface area (Å²) < 4.78 is 5.93. The SMILES string of the molecule is C[C@@]12C[C@H]3CN(C(=O)c4ccccc4)c4cccc(c43)[C@@H]1O2. The van der Waals surface area contributed by atoms with E-state index in [1.165, 1.54) is 11.1 Å². The van der Waals surface area contributed by atoms with Crippen molar-refractivity contribution in [2.24, 2.45) is 0 Å². The smallest absolute Gasteiger partial charge is 0.258 e. The van der Waals surface area contributed by atoms with Crippen molar-refractivity contribution < 1.29 is 9.53 Å². The molecule has 0 bridgehead atoms. The van der Waals surface area contributed by atoms with Gasteiger partial charge in [-0.15, -0.1) is 0 Å². The number of hydrogen-bond acceptors (Lipinski definition) is 2. The van der Waals surface area contributed by atoms with Crippen LogP contribution in [-0.2, 0) is 4.74 Å². The molecular formula is C19H17NO2. The zero-order chi connectivity index (χ0) is 14.9. The van der Waals surface area contributed by atoms with Crippen LogP contribution in [0.1, 0.15) is 46.9 Å². The number of ether oxygens (including phenoxy) is 1. The largest absolute Gasteiger partial charge is 0.361 e. The van der Waals surface area contributed by atoms with Gasteiger partial charge >= 0.3 is 0 Å². The van der Waals surface area contributed by atoms with Crippen LogP contribution < -0.4 is 4.90 Å². The first-order valence-electron chi connectivity index (χ1n) is 7.85.